The van der Waals surface area contributed by atoms with E-state index in [1.807, 2.05) is 24.3 Å². The minimum absolute atomic E-state index is 0.137. The lowest BCUT2D eigenvalue weighted by molar-refractivity contribution is 0.189. The lowest BCUT2D eigenvalue weighted by atomic mass is 9.85. The summed E-state index contributed by atoms with van der Waals surface area (Å²) in [6.07, 6.45) is 0.764. The number of aliphatic hydroxyl groups excluding tert-OH is 1. The molecule has 1 unspecified atom stereocenters. The van der Waals surface area contributed by atoms with E-state index >= 15 is 0 Å². The predicted octanol–water partition coefficient (Wildman–Crippen LogP) is 3.21. The van der Waals surface area contributed by atoms with Crippen molar-refractivity contribution in [3.63, 3.8) is 0 Å². The van der Waals surface area contributed by atoms with Gasteiger partial charge in [0.1, 0.15) is 12.4 Å². The third kappa shape index (κ3) is 6.41. The van der Waals surface area contributed by atoms with Gasteiger partial charge in [0.15, 0.2) is 0 Å². The van der Waals surface area contributed by atoms with Gasteiger partial charge in [0.05, 0.1) is 0 Å². The molecule has 0 heterocycles. The topological polar surface area (TPSA) is 41.5 Å². The van der Waals surface area contributed by atoms with Crippen molar-refractivity contribution in [3.05, 3.63) is 28.7 Å². The van der Waals surface area contributed by atoms with Crippen molar-refractivity contribution in [2.45, 2.75) is 33.2 Å². The van der Waals surface area contributed by atoms with E-state index in [2.05, 4.69) is 42.0 Å². The first kappa shape index (κ1) is 16.5. The van der Waals surface area contributed by atoms with Crippen molar-refractivity contribution in [1.29, 1.82) is 0 Å². The maximum Gasteiger partial charge on any atom is 0.120 e. The first-order chi connectivity index (χ1) is 8.93. The van der Waals surface area contributed by atoms with Crippen molar-refractivity contribution in [1.82, 2.24) is 5.32 Å². The summed E-state index contributed by atoms with van der Waals surface area (Å²) in [7, 11) is 0. The summed E-state index contributed by atoms with van der Waals surface area (Å²) in [5, 5.41) is 12.5. The molecule has 1 aromatic rings. The fourth-order valence-electron chi connectivity index (χ4n) is 1.93. The van der Waals surface area contributed by atoms with Gasteiger partial charge in [0.2, 0.25) is 0 Å². The molecular formula is C15H24BrNO2. The summed E-state index contributed by atoms with van der Waals surface area (Å²) in [6, 6.07) is 8.12. The molecule has 108 valence electrons. The smallest absolute Gasteiger partial charge is 0.120 e. The van der Waals surface area contributed by atoms with Crippen LogP contribution in [0.1, 0.15) is 27.2 Å². The van der Waals surface area contributed by atoms with Crippen LogP contribution in [0.5, 0.6) is 5.75 Å². The zero-order valence-corrected chi connectivity index (χ0v) is 13.5. The van der Waals surface area contributed by atoms with Gasteiger partial charge < -0.3 is 15.2 Å². The van der Waals surface area contributed by atoms with Crippen LogP contribution in [0, 0.1) is 5.41 Å². The molecule has 0 aliphatic rings. The van der Waals surface area contributed by atoms with Crippen molar-refractivity contribution in [3.8, 4) is 5.75 Å². The highest BCUT2D eigenvalue weighted by Gasteiger charge is 2.23. The van der Waals surface area contributed by atoms with Crippen LogP contribution in [0.3, 0.4) is 0 Å². The fraction of sp³-hybridized carbons (Fsp3) is 0.600. The molecule has 0 radical (unpaired) electrons. The maximum absolute atomic E-state index is 9.09. The van der Waals surface area contributed by atoms with Gasteiger partial charge in [0.25, 0.3) is 0 Å². The first-order valence-corrected chi connectivity index (χ1v) is 7.45. The van der Waals surface area contributed by atoms with Gasteiger partial charge in [-0.3, -0.25) is 0 Å². The average Bonchev–Trinajstić information content (AvgIpc) is 2.32. The lowest BCUT2D eigenvalue weighted by Gasteiger charge is -2.31. The predicted molar refractivity (Wildman–Crippen MR) is 82.6 cm³/mol. The van der Waals surface area contributed by atoms with Crippen LogP contribution in [0.25, 0.3) is 0 Å². The molecule has 4 heteroatoms. The van der Waals surface area contributed by atoms with E-state index in [0.29, 0.717) is 12.6 Å². The van der Waals surface area contributed by atoms with Crippen molar-refractivity contribution in [2.75, 3.05) is 19.8 Å². The average molecular weight is 330 g/mol. The molecule has 0 spiro atoms. The minimum Gasteiger partial charge on any atom is -0.492 e. The molecule has 1 atom stereocenters. The Morgan fingerprint density at radius 2 is 2.11 bits per heavy atom. The Morgan fingerprint density at radius 3 is 2.68 bits per heavy atom. The molecule has 1 rings (SSSR count). The number of aliphatic hydroxyl groups is 1. The highest BCUT2D eigenvalue weighted by atomic mass is 79.9. The van der Waals surface area contributed by atoms with Gasteiger partial charge in [-0.05, 0) is 30.0 Å². The van der Waals surface area contributed by atoms with Crippen LogP contribution in [-0.2, 0) is 0 Å². The molecule has 1 aromatic carbocycles. The first-order valence-electron chi connectivity index (χ1n) is 6.66. The second-order valence-corrected chi connectivity index (χ2v) is 6.61. The largest absolute Gasteiger partial charge is 0.492 e. The molecular weight excluding hydrogens is 306 g/mol. The Balaban J connectivity index is 2.33. The van der Waals surface area contributed by atoms with E-state index in [1.165, 1.54) is 0 Å². The van der Waals surface area contributed by atoms with Gasteiger partial charge in [-0.15, -0.1) is 0 Å². The minimum atomic E-state index is 0.137. The maximum atomic E-state index is 9.09. The third-order valence-electron chi connectivity index (χ3n) is 3.02. The SMILES string of the molecule is CC(C)(C)C(CCO)NCCOc1cccc(Br)c1. The Labute approximate surface area is 124 Å². The molecule has 0 saturated heterocycles. The highest BCUT2D eigenvalue weighted by molar-refractivity contribution is 9.10. The van der Waals surface area contributed by atoms with E-state index in [4.69, 9.17) is 9.84 Å². The van der Waals surface area contributed by atoms with E-state index in [1.54, 1.807) is 0 Å². The number of halogens is 1. The van der Waals surface area contributed by atoms with E-state index < -0.39 is 0 Å². The zero-order chi connectivity index (χ0) is 14.3. The van der Waals surface area contributed by atoms with Crippen LogP contribution < -0.4 is 10.1 Å². The molecule has 0 saturated carbocycles. The lowest BCUT2D eigenvalue weighted by Crippen LogP contribution is -2.42. The number of nitrogens with one attached hydrogen (secondary N) is 1. The summed E-state index contributed by atoms with van der Waals surface area (Å²) >= 11 is 3.42. The normalized spacial score (nSPS) is 13.3. The van der Waals surface area contributed by atoms with Crippen LogP contribution >= 0.6 is 15.9 Å². The quantitative estimate of drug-likeness (QED) is 0.755. The van der Waals surface area contributed by atoms with E-state index in [0.717, 1.165) is 23.2 Å². The van der Waals surface area contributed by atoms with Gasteiger partial charge >= 0.3 is 0 Å². The number of benzene rings is 1. The van der Waals surface area contributed by atoms with Crippen LogP contribution in [0.4, 0.5) is 0 Å². The number of hydrogen-bond acceptors (Lipinski definition) is 3. The Kier molecular flexibility index (Phi) is 6.83. The standard InChI is InChI=1S/C15H24BrNO2/c1-15(2,3)14(7-9-18)17-8-10-19-13-6-4-5-12(16)11-13/h4-6,11,14,17-18H,7-10H2,1-3H3. The van der Waals surface area contributed by atoms with E-state index in [9.17, 15) is 0 Å². The molecule has 0 fully saturated rings. The van der Waals surface area contributed by atoms with E-state index in [-0.39, 0.29) is 12.0 Å². The summed E-state index contributed by atoms with van der Waals surface area (Å²) < 4.78 is 6.69. The van der Waals surface area contributed by atoms with Crippen molar-refractivity contribution >= 4 is 15.9 Å². The van der Waals surface area contributed by atoms with Gasteiger partial charge in [-0.1, -0.05) is 42.8 Å². The number of ether oxygens (including phenoxy) is 1. The summed E-state index contributed by atoms with van der Waals surface area (Å²) in [6.45, 7) is 8.13. The van der Waals surface area contributed by atoms with Crippen LogP contribution in [-0.4, -0.2) is 30.9 Å². The monoisotopic (exact) mass is 329 g/mol. The van der Waals surface area contributed by atoms with Crippen molar-refractivity contribution in [2.24, 2.45) is 5.41 Å². The molecule has 3 nitrogen and oxygen atoms in total. The molecule has 0 aliphatic carbocycles. The number of hydrogen-bond donors (Lipinski definition) is 2. The highest BCUT2D eigenvalue weighted by Crippen LogP contribution is 2.21. The Morgan fingerprint density at radius 1 is 1.37 bits per heavy atom. The van der Waals surface area contributed by atoms with Crippen molar-refractivity contribution < 1.29 is 9.84 Å². The summed E-state index contributed by atoms with van der Waals surface area (Å²) in [5.74, 6) is 0.866. The Bertz CT molecular complexity index is 377. The molecule has 0 aliphatic heterocycles. The molecule has 2 N–H and O–H groups in total. The molecule has 0 bridgehead atoms. The molecule has 0 amide bonds. The number of rotatable bonds is 7. The van der Waals surface area contributed by atoms with Gasteiger partial charge in [0, 0.05) is 23.7 Å². The van der Waals surface area contributed by atoms with Gasteiger partial charge in [-0.25, -0.2) is 0 Å². The van der Waals surface area contributed by atoms with Crippen LogP contribution in [0.15, 0.2) is 28.7 Å². The third-order valence-corrected chi connectivity index (χ3v) is 3.51. The van der Waals surface area contributed by atoms with Gasteiger partial charge in [-0.2, -0.15) is 0 Å². The fourth-order valence-corrected chi connectivity index (χ4v) is 2.31. The Hall–Kier alpha value is -0.580. The second kappa shape index (κ2) is 7.88. The summed E-state index contributed by atoms with van der Waals surface area (Å²) in [4.78, 5) is 0. The summed E-state index contributed by atoms with van der Waals surface area (Å²) in [5.41, 5.74) is 0.137. The molecule has 19 heavy (non-hydrogen) atoms. The van der Waals surface area contributed by atoms with Crippen LogP contribution in [0.2, 0.25) is 0 Å². The molecule has 0 aromatic heterocycles. The zero-order valence-electron chi connectivity index (χ0n) is 11.9. The second-order valence-electron chi connectivity index (χ2n) is 5.69.